The Morgan fingerprint density at radius 3 is 2.55 bits per heavy atom. The molecule has 0 aliphatic rings. The zero-order valence-corrected chi connectivity index (χ0v) is 12.6. The van der Waals surface area contributed by atoms with Crippen molar-refractivity contribution in [2.24, 2.45) is 0 Å². The van der Waals surface area contributed by atoms with E-state index < -0.39 is 0 Å². The maximum atomic E-state index is 11.6. The van der Waals surface area contributed by atoms with Gasteiger partial charge in [-0.05, 0) is 31.2 Å². The van der Waals surface area contributed by atoms with Gasteiger partial charge in [-0.2, -0.15) is 0 Å². The summed E-state index contributed by atoms with van der Waals surface area (Å²) < 4.78 is 15.4. The topological polar surface area (TPSA) is 56.8 Å². The summed E-state index contributed by atoms with van der Waals surface area (Å²) in [5.74, 6) is 1.20. The standard InChI is InChI=1S/C15H23NO4/c1-5-8-16-13(10-15(17)20-4)12-9-11(18-2)6-7-14(12)19-3/h6-7,9,13,16H,5,8,10H2,1-4H3. The van der Waals surface area contributed by atoms with E-state index in [4.69, 9.17) is 14.2 Å². The number of ether oxygens (including phenoxy) is 3. The number of esters is 1. The monoisotopic (exact) mass is 281 g/mol. The fourth-order valence-electron chi connectivity index (χ4n) is 1.97. The summed E-state index contributed by atoms with van der Waals surface area (Å²) >= 11 is 0. The van der Waals surface area contributed by atoms with Gasteiger partial charge in [0.15, 0.2) is 0 Å². The van der Waals surface area contributed by atoms with E-state index in [-0.39, 0.29) is 18.4 Å². The van der Waals surface area contributed by atoms with E-state index in [9.17, 15) is 4.79 Å². The molecule has 5 nitrogen and oxygen atoms in total. The second-order valence-electron chi connectivity index (χ2n) is 4.39. The summed E-state index contributed by atoms with van der Waals surface area (Å²) in [6, 6.07) is 5.39. The van der Waals surface area contributed by atoms with Crippen LogP contribution in [0.15, 0.2) is 18.2 Å². The van der Waals surface area contributed by atoms with Crippen molar-refractivity contribution in [1.29, 1.82) is 0 Å². The van der Waals surface area contributed by atoms with E-state index in [0.29, 0.717) is 0 Å². The molecule has 0 bridgehead atoms. The van der Waals surface area contributed by atoms with E-state index >= 15 is 0 Å². The van der Waals surface area contributed by atoms with Gasteiger partial charge in [0.2, 0.25) is 0 Å². The third-order valence-electron chi connectivity index (χ3n) is 3.05. The summed E-state index contributed by atoms with van der Waals surface area (Å²) in [6.45, 7) is 2.88. The second-order valence-corrected chi connectivity index (χ2v) is 4.39. The maximum Gasteiger partial charge on any atom is 0.307 e. The number of carbonyl (C=O) groups is 1. The fourth-order valence-corrected chi connectivity index (χ4v) is 1.97. The smallest absolute Gasteiger partial charge is 0.307 e. The molecule has 0 aromatic heterocycles. The Morgan fingerprint density at radius 2 is 2.00 bits per heavy atom. The zero-order valence-electron chi connectivity index (χ0n) is 12.6. The van der Waals surface area contributed by atoms with E-state index in [2.05, 4.69) is 12.2 Å². The van der Waals surface area contributed by atoms with Crippen LogP contribution in [0, 0.1) is 0 Å². The van der Waals surface area contributed by atoms with Crippen LogP contribution in [0.2, 0.25) is 0 Å². The first-order valence-electron chi connectivity index (χ1n) is 6.68. The highest BCUT2D eigenvalue weighted by molar-refractivity contribution is 5.70. The third kappa shape index (κ3) is 4.42. The predicted molar refractivity (Wildman–Crippen MR) is 77.2 cm³/mol. The molecule has 1 unspecified atom stereocenters. The van der Waals surface area contributed by atoms with E-state index in [0.717, 1.165) is 30.0 Å². The number of carbonyl (C=O) groups excluding carboxylic acids is 1. The minimum Gasteiger partial charge on any atom is -0.497 e. The number of methoxy groups -OCH3 is 3. The lowest BCUT2D eigenvalue weighted by atomic mass is 10.0. The largest absolute Gasteiger partial charge is 0.497 e. The number of benzene rings is 1. The molecule has 0 saturated heterocycles. The van der Waals surface area contributed by atoms with Crippen LogP contribution >= 0.6 is 0 Å². The zero-order chi connectivity index (χ0) is 15.0. The van der Waals surface area contributed by atoms with Crippen molar-refractivity contribution in [2.45, 2.75) is 25.8 Å². The number of hydrogen-bond acceptors (Lipinski definition) is 5. The van der Waals surface area contributed by atoms with E-state index in [1.54, 1.807) is 14.2 Å². The molecule has 0 radical (unpaired) electrons. The van der Waals surface area contributed by atoms with Gasteiger partial charge in [0.05, 0.1) is 27.8 Å². The van der Waals surface area contributed by atoms with Gasteiger partial charge in [-0.25, -0.2) is 0 Å². The quantitative estimate of drug-likeness (QED) is 0.741. The van der Waals surface area contributed by atoms with Crippen LogP contribution in [0.3, 0.4) is 0 Å². The Balaban J connectivity index is 3.05. The minimum absolute atomic E-state index is 0.160. The molecular weight excluding hydrogens is 258 g/mol. The summed E-state index contributed by atoms with van der Waals surface area (Å²) in [5, 5.41) is 3.34. The maximum absolute atomic E-state index is 11.6. The van der Waals surface area contributed by atoms with Gasteiger partial charge in [0.1, 0.15) is 11.5 Å². The van der Waals surface area contributed by atoms with Gasteiger partial charge in [-0.15, -0.1) is 0 Å². The predicted octanol–water partition coefficient (Wildman–Crippen LogP) is 2.31. The van der Waals surface area contributed by atoms with Crippen molar-refractivity contribution in [3.63, 3.8) is 0 Å². The third-order valence-corrected chi connectivity index (χ3v) is 3.05. The lowest BCUT2D eigenvalue weighted by Gasteiger charge is -2.21. The first-order chi connectivity index (χ1) is 9.65. The molecule has 0 aliphatic carbocycles. The molecule has 0 spiro atoms. The Kier molecular flexibility index (Phi) is 6.87. The first kappa shape index (κ1) is 16.3. The molecule has 5 heteroatoms. The van der Waals surface area contributed by atoms with Crippen LogP contribution in [-0.4, -0.2) is 33.8 Å². The molecule has 1 rings (SSSR count). The van der Waals surface area contributed by atoms with E-state index in [1.165, 1.54) is 7.11 Å². The molecule has 0 saturated carbocycles. The van der Waals surface area contributed by atoms with Gasteiger partial charge in [-0.1, -0.05) is 6.92 Å². The van der Waals surface area contributed by atoms with Crippen molar-refractivity contribution in [1.82, 2.24) is 5.32 Å². The van der Waals surface area contributed by atoms with Crippen molar-refractivity contribution in [2.75, 3.05) is 27.9 Å². The Labute approximate surface area is 120 Å². The van der Waals surface area contributed by atoms with Crippen molar-refractivity contribution < 1.29 is 19.0 Å². The average molecular weight is 281 g/mol. The summed E-state index contributed by atoms with van der Waals surface area (Å²) in [4.78, 5) is 11.6. The van der Waals surface area contributed by atoms with Crippen molar-refractivity contribution in [3.8, 4) is 11.5 Å². The molecule has 1 atom stereocenters. The first-order valence-corrected chi connectivity index (χ1v) is 6.68. The number of nitrogens with one attached hydrogen (secondary N) is 1. The number of rotatable bonds is 8. The molecule has 0 heterocycles. The Hall–Kier alpha value is -1.75. The minimum atomic E-state index is -0.261. The molecule has 1 N–H and O–H groups in total. The fraction of sp³-hybridized carbons (Fsp3) is 0.533. The molecular formula is C15H23NO4. The van der Waals surface area contributed by atoms with Gasteiger partial charge in [0, 0.05) is 11.6 Å². The Bertz CT molecular complexity index is 434. The van der Waals surface area contributed by atoms with Crippen LogP contribution in [0.25, 0.3) is 0 Å². The highest BCUT2D eigenvalue weighted by atomic mass is 16.5. The Morgan fingerprint density at radius 1 is 1.25 bits per heavy atom. The molecule has 20 heavy (non-hydrogen) atoms. The lowest BCUT2D eigenvalue weighted by Crippen LogP contribution is -2.25. The van der Waals surface area contributed by atoms with Gasteiger partial charge < -0.3 is 19.5 Å². The van der Waals surface area contributed by atoms with Gasteiger partial charge in [0.25, 0.3) is 0 Å². The van der Waals surface area contributed by atoms with Crippen molar-refractivity contribution >= 4 is 5.97 Å². The van der Waals surface area contributed by atoms with Gasteiger partial charge >= 0.3 is 5.97 Å². The highest BCUT2D eigenvalue weighted by Gasteiger charge is 2.20. The summed E-state index contributed by atoms with van der Waals surface area (Å²) in [7, 11) is 4.61. The van der Waals surface area contributed by atoms with Crippen LogP contribution in [0.4, 0.5) is 0 Å². The van der Waals surface area contributed by atoms with Crippen molar-refractivity contribution in [3.05, 3.63) is 23.8 Å². The van der Waals surface area contributed by atoms with Crippen LogP contribution in [0.5, 0.6) is 11.5 Å². The summed E-state index contributed by atoms with van der Waals surface area (Å²) in [5.41, 5.74) is 0.894. The molecule has 112 valence electrons. The molecule has 0 amide bonds. The molecule has 1 aromatic carbocycles. The van der Waals surface area contributed by atoms with Crippen LogP contribution < -0.4 is 14.8 Å². The van der Waals surface area contributed by atoms with Crippen LogP contribution in [0.1, 0.15) is 31.4 Å². The lowest BCUT2D eigenvalue weighted by molar-refractivity contribution is -0.141. The average Bonchev–Trinajstić information content (AvgIpc) is 2.50. The second kappa shape index (κ2) is 8.43. The molecule has 0 fully saturated rings. The summed E-state index contributed by atoms with van der Waals surface area (Å²) in [6.07, 6.45) is 1.23. The van der Waals surface area contributed by atoms with Gasteiger partial charge in [-0.3, -0.25) is 4.79 Å². The number of hydrogen-bond donors (Lipinski definition) is 1. The highest BCUT2D eigenvalue weighted by Crippen LogP contribution is 2.31. The van der Waals surface area contributed by atoms with Crippen LogP contribution in [-0.2, 0) is 9.53 Å². The van der Waals surface area contributed by atoms with E-state index in [1.807, 2.05) is 18.2 Å². The SMILES string of the molecule is CCCNC(CC(=O)OC)c1cc(OC)ccc1OC. The molecule has 1 aromatic rings. The molecule has 0 aliphatic heterocycles. The normalized spacial score (nSPS) is 11.8.